The number of halogens is 3. The molecular weight excluding hydrogens is 198 g/mol. The molecule has 0 heterocycles. The highest BCUT2D eigenvalue weighted by Crippen LogP contribution is 2.28. The summed E-state index contributed by atoms with van der Waals surface area (Å²) in [5, 5.41) is 0. The van der Waals surface area contributed by atoms with Crippen LogP contribution >= 0.6 is 34.8 Å². The van der Waals surface area contributed by atoms with E-state index in [-0.39, 0.29) is 6.42 Å². The minimum atomic E-state index is -1.42. The normalized spacial score (nSPS) is 9.50. The molecule has 0 saturated carbocycles. The Kier molecular flexibility index (Phi) is 4.63. The molecule has 10 heavy (non-hydrogen) atoms. The maximum atomic E-state index is 9.38. The van der Waals surface area contributed by atoms with Gasteiger partial charge in [0, 0.05) is 0 Å². The molecule has 0 amide bonds. The molecule has 0 aromatic heterocycles. The van der Waals surface area contributed by atoms with Crippen LogP contribution in [0.3, 0.4) is 0 Å². The SMILES string of the molecule is O=[C]OC#CCC(Cl)(Cl)Cl. The molecule has 2 nitrogen and oxygen atoms in total. The van der Waals surface area contributed by atoms with E-state index in [9.17, 15) is 4.79 Å². The molecule has 0 aromatic carbocycles. The van der Waals surface area contributed by atoms with Crippen molar-refractivity contribution in [2.75, 3.05) is 0 Å². The maximum absolute atomic E-state index is 9.38. The Balaban J connectivity index is 3.55. The molecule has 0 N–H and O–H groups in total. The fourth-order valence-electron chi connectivity index (χ4n) is 0.193. The lowest BCUT2D eigenvalue weighted by atomic mass is 10.5. The number of hydrogen-bond donors (Lipinski definition) is 0. The van der Waals surface area contributed by atoms with Crippen molar-refractivity contribution >= 4 is 41.3 Å². The van der Waals surface area contributed by atoms with Crippen LogP contribution in [0.4, 0.5) is 0 Å². The predicted octanol–water partition coefficient (Wildman–Crippen LogP) is 1.79. The van der Waals surface area contributed by atoms with E-state index < -0.39 is 3.79 Å². The highest BCUT2D eigenvalue weighted by molar-refractivity contribution is 6.67. The largest absolute Gasteiger partial charge is 0.432 e. The third-order valence-electron chi connectivity index (χ3n) is 0.454. The summed E-state index contributed by atoms with van der Waals surface area (Å²) < 4.78 is 2.47. The summed E-state index contributed by atoms with van der Waals surface area (Å²) in [4.78, 5) is 9.38. The molecule has 5 heteroatoms. The van der Waals surface area contributed by atoms with E-state index in [4.69, 9.17) is 34.8 Å². The van der Waals surface area contributed by atoms with Gasteiger partial charge in [-0.1, -0.05) is 40.7 Å². The van der Waals surface area contributed by atoms with Crippen molar-refractivity contribution in [3.8, 4) is 12.0 Å². The van der Waals surface area contributed by atoms with Crippen molar-refractivity contribution in [1.82, 2.24) is 0 Å². The van der Waals surface area contributed by atoms with Gasteiger partial charge < -0.3 is 4.74 Å². The molecule has 0 saturated heterocycles. The van der Waals surface area contributed by atoms with E-state index in [0.717, 1.165) is 6.47 Å². The van der Waals surface area contributed by atoms with Crippen molar-refractivity contribution in [2.45, 2.75) is 10.2 Å². The Morgan fingerprint density at radius 3 is 2.40 bits per heavy atom. The molecular formula is C5H2Cl3O2. The molecule has 1 radical (unpaired) electrons. The van der Waals surface area contributed by atoms with Gasteiger partial charge in [0.1, 0.15) is 6.11 Å². The van der Waals surface area contributed by atoms with Gasteiger partial charge in [-0.2, -0.15) is 0 Å². The van der Waals surface area contributed by atoms with Crippen molar-refractivity contribution in [2.24, 2.45) is 0 Å². The Morgan fingerprint density at radius 2 is 2.00 bits per heavy atom. The summed E-state index contributed by atoms with van der Waals surface area (Å²) in [6.07, 6.45) is 1.98. The summed E-state index contributed by atoms with van der Waals surface area (Å²) in [6, 6.07) is 0. The van der Waals surface area contributed by atoms with Crippen LogP contribution < -0.4 is 0 Å². The van der Waals surface area contributed by atoms with E-state index >= 15 is 0 Å². The van der Waals surface area contributed by atoms with Crippen molar-refractivity contribution in [1.29, 1.82) is 0 Å². The lowest BCUT2D eigenvalue weighted by Crippen LogP contribution is -1.98. The molecule has 0 fully saturated rings. The lowest BCUT2D eigenvalue weighted by Gasteiger charge is -2.02. The van der Waals surface area contributed by atoms with Crippen LogP contribution in [0.15, 0.2) is 0 Å². The van der Waals surface area contributed by atoms with E-state index in [1.807, 2.05) is 6.11 Å². The molecule has 0 aliphatic rings. The predicted molar refractivity (Wildman–Crippen MR) is 39.5 cm³/mol. The summed E-state index contributed by atoms with van der Waals surface area (Å²) in [5.74, 6) is 2.30. The number of alkyl halides is 3. The third kappa shape index (κ3) is 7.90. The van der Waals surface area contributed by atoms with Gasteiger partial charge in [0.05, 0.1) is 6.42 Å². The number of rotatable bonds is 1. The van der Waals surface area contributed by atoms with Gasteiger partial charge in [-0.15, -0.1) is 0 Å². The van der Waals surface area contributed by atoms with Gasteiger partial charge in [-0.05, 0) is 0 Å². The van der Waals surface area contributed by atoms with Gasteiger partial charge in [-0.25, -0.2) is 4.79 Å². The minimum absolute atomic E-state index is 0.0132. The first-order valence-corrected chi connectivity index (χ1v) is 3.27. The van der Waals surface area contributed by atoms with Crippen LogP contribution in [-0.2, 0) is 9.53 Å². The second-order valence-corrected chi connectivity index (χ2v) is 3.77. The Hall–Kier alpha value is -0.100. The van der Waals surface area contributed by atoms with E-state index in [0.29, 0.717) is 0 Å². The van der Waals surface area contributed by atoms with Crippen LogP contribution in [-0.4, -0.2) is 10.3 Å². The second-order valence-electron chi connectivity index (χ2n) is 1.26. The van der Waals surface area contributed by atoms with E-state index in [2.05, 4.69) is 10.7 Å². The number of ether oxygens (including phenoxy) is 1. The fraction of sp³-hybridized carbons (Fsp3) is 0.400. The van der Waals surface area contributed by atoms with E-state index in [1.165, 1.54) is 0 Å². The quantitative estimate of drug-likeness (QED) is 0.476. The number of carbonyl (C=O) groups excluding carboxylic acids is 1. The van der Waals surface area contributed by atoms with Crippen LogP contribution in [0, 0.1) is 12.0 Å². The summed E-state index contributed by atoms with van der Waals surface area (Å²) in [5.41, 5.74) is 0. The minimum Gasteiger partial charge on any atom is -0.364 e. The Morgan fingerprint density at radius 1 is 1.40 bits per heavy atom. The number of hydrogen-bond acceptors (Lipinski definition) is 2. The Bertz CT molecular complexity index is 162. The maximum Gasteiger partial charge on any atom is 0.432 e. The summed E-state index contributed by atoms with van der Waals surface area (Å²) in [6.45, 7) is 1.10. The molecule has 0 atom stereocenters. The van der Waals surface area contributed by atoms with Crippen LogP contribution in [0.2, 0.25) is 0 Å². The van der Waals surface area contributed by atoms with Crippen LogP contribution in [0.5, 0.6) is 0 Å². The topological polar surface area (TPSA) is 26.3 Å². The third-order valence-corrected chi connectivity index (χ3v) is 0.855. The molecule has 55 valence electrons. The molecule has 0 unspecified atom stereocenters. The smallest absolute Gasteiger partial charge is 0.364 e. The highest BCUT2D eigenvalue weighted by Gasteiger charge is 2.16. The molecule has 0 rings (SSSR count). The molecule has 0 aromatic rings. The van der Waals surface area contributed by atoms with Crippen molar-refractivity contribution in [3.63, 3.8) is 0 Å². The average molecular weight is 200 g/mol. The zero-order valence-electron chi connectivity index (χ0n) is 4.66. The lowest BCUT2D eigenvalue weighted by molar-refractivity contribution is 0.420. The summed E-state index contributed by atoms with van der Waals surface area (Å²) >= 11 is 15.9. The molecule has 0 aliphatic carbocycles. The monoisotopic (exact) mass is 199 g/mol. The standard InChI is InChI=1S/C5H2Cl3O2/c6-5(7,8)2-1-3-10-4-9/h2H2. The van der Waals surface area contributed by atoms with Gasteiger partial charge in [0.2, 0.25) is 3.79 Å². The molecule has 0 aliphatic heterocycles. The zero-order valence-corrected chi connectivity index (χ0v) is 6.93. The van der Waals surface area contributed by atoms with Gasteiger partial charge >= 0.3 is 6.47 Å². The van der Waals surface area contributed by atoms with E-state index in [1.54, 1.807) is 0 Å². The zero-order chi connectivity index (χ0) is 8.04. The first-order chi connectivity index (χ1) is 4.56. The molecule has 0 bridgehead atoms. The van der Waals surface area contributed by atoms with Crippen molar-refractivity contribution in [3.05, 3.63) is 0 Å². The fourth-order valence-corrected chi connectivity index (χ4v) is 0.394. The first kappa shape index (κ1) is 9.90. The van der Waals surface area contributed by atoms with Crippen LogP contribution in [0.1, 0.15) is 6.42 Å². The first-order valence-electron chi connectivity index (χ1n) is 2.14. The Labute approximate surface area is 73.4 Å². The van der Waals surface area contributed by atoms with Gasteiger partial charge in [-0.3, -0.25) is 0 Å². The van der Waals surface area contributed by atoms with Crippen LogP contribution in [0.25, 0.3) is 0 Å². The average Bonchev–Trinajstić information content (AvgIpc) is 1.78. The van der Waals surface area contributed by atoms with Gasteiger partial charge in [0.15, 0.2) is 0 Å². The second kappa shape index (κ2) is 4.68. The summed E-state index contributed by atoms with van der Waals surface area (Å²) in [7, 11) is 0. The van der Waals surface area contributed by atoms with Crippen molar-refractivity contribution < 1.29 is 9.53 Å². The van der Waals surface area contributed by atoms with Gasteiger partial charge in [0.25, 0.3) is 0 Å². The molecule has 0 spiro atoms. The highest BCUT2D eigenvalue weighted by atomic mass is 35.6.